The third kappa shape index (κ3) is 20.8. The second-order valence-corrected chi connectivity index (χ2v) is 15.8. The lowest BCUT2D eigenvalue weighted by atomic mass is 10.1. The van der Waals surface area contributed by atoms with Crippen molar-refractivity contribution >= 4 is 20.0 Å². The molecule has 0 bridgehead atoms. The fraction of sp³-hybridized carbons (Fsp3) is 1.00. The maximum Gasteiger partial charge on any atom is 0.512 e. The molecule has 0 radical (unpaired) electrons. The van der Waals surface area contributed by atoms with E-state index in [0.29, 0.717) is 0 Å². The van der Waals surface area contributed by atoms with Crippen molar-refractivity contribution in [2.24, 2.45) is 11.5 Å². The lowest BCUT2D eigenvalue weighted by Crippen LogP contribution is -2.46. The minimum atomic E-state index is -6.59. The molecule has 0 aromatic heterocycles. The van der Waals surface area contributed by atoms with Gasteiger partial charge in [0.1, 0.15) is 0 Å². The summed E-state index contributed by atoms with van der Waals surface area (Å²) in [6.45, 7) is 6.67. The number of hydrogen-bond acceptors (Lipinski definition) is 7. The Kier molecular flexibility index (Phi) is 22.6. The minimum Gasteiger partial charge on any atom is -0.331 e. The Labute approximate surface area is 256 Å². The van der Waals surface area contributed by atoms with E-state index in [1.807, 2.05) is 0 Å². The molecule has 0 unspecified atom stereocenters. The van der Waals surface area contributed by atoms with Crippen molar-refractivity contribution in [2.45, 2.75) is 101 Å². The summed E-state index contributed by atoms with van der Waals surface area (Å²) in [6, 6.07) is 0. The van der Waals surface area contributed by atoms with E-state index < -0.39 is 34.8 Å². The molecule has 0 atom stereocenters. The molecule has 262 valence electrons. The SMILES string of the molecule is CN(S(=O)(=O)C(F)(F)F)S(=O)(=O)C(F)(F)F.C[N+](C)(C)CCCCCCCCCCCCN(CCCCN)CCCCN. The zero-order chi connectivity index (χ0) is 33.8. The number of nitrogens with two attached hydrogens (primary N) is 2. The first-order chi connectivity index (χ1) is 19.6. The Hall–Kier alpha value is -0.720. The summed E-state index contributed by atoms with van der Waals surface area (Å²) < 4.78 is 111. The fourth-order valence-corrected chi connectivity index (χ4v) is 6.18. The predicted octanol–water partition coefficient (Wildman–Crippen LogP) is 4.99. The molecule has 0 aliphatic carbocycles. The van der Waals surface area contributed by atoms with E-state index >= 15 is 0 Å². The first-order valence-corrected chi connectivity index (χ1v) is 17.8. The zero-order valence-electron chi connectivity index (χ0n) is 26.4. The van der Waals surface area contributed by atoms with Crippen molar-refractivity contribution in [1.82, 2.24) is 8.61 Å². The summed E-state index contributed by atoms with van der Waals surface area (Å²) in [5.74, 6) is 0. The Balaban J connectivity index is 0. The number of quaternary nitrogens is 1. The number of halogens is 6. The summed E-state index contributed by atoms with van der Waals surface area (Å²) in [5.41, 5.74) is -1.02. The van der Waals surface area contributed by atoms with Gasteiger partial charge >= 0.3 is 31.1 Å². The van der Waals surface area contributed by atoms with Gasteiger partial charge in [0.05, 0.1) is 27.7 Å². The van der Waals surface area contributed by atoms with Crippen molar-refractivity contribution in [3.8, 4) is 0 Å². The molecule has 0 saturated heterocycles. The number of rotatable bonds is 23. The fourth-order valence-electron chi connectivity index (χ4n) is 4.05. The van der Waals surface area contributed by atoms with Crippen LogP contribution >= 0.6 is 0 Å². The topological polar surface area (TPSA) is 127 Å². The molecule has 0 amide bonds. The molecule has 0 aliphatic rings. The van der Waals surface area contributed by atoms with Crippen molar-refractivity contribution in [2.75, 3.05) is 67.5 Å². The highest BCUT2D eigenvalue weighted by molar-refractivity contribution is 8.04. The van der Waals surface area contributed by atoms with E-state index in [9.17, 15) is 43.2 Å². The molecule has 43 heavy (non-hydrogen) atoms. The van der Waals surface area contributed by atoms with Crippen LogP contribution in [0.1, 0.15) is 89.9 Å². The highest BCUT2D eigenvalue weighted by Gasteiger charge is 2.59. The highest BCUT2D eigenvalue weighted by atomic mass is 32.3. The first-order valence-electron chi connectivity index (χ1n) is 14.9. The van der Waals surface area contributed by atoms with Gasteiger partial charge in [0.15, 0.2) is 0 Å². The normalized spacial score (nSPS) is 13.4. The summed E-state index contributed by atoms with van der Waals surface area (Å²) >= 11 is 0. The summed E-state index contributed by atoms with van der Waals surface area (Å²) in [4.78, 5) is 2.64. The molecule has 0 aromatic rings. The predicted molar refractivity (Wildman–Crippen MR) is 160 cm³/mol. The Morgan fingerprint density at radius 2 is 0.814 bits per heavy atom. The average Bonchev–Trinajstić information content (AvgIpc) is 2.87. The van der Waals surface area contributed by atoms with Crippen LogP contribution in [0.15, 0.2) is 0 Å². The molecule has 9 nitrogen and oxygen atoms in total. The van der Waals surface area contributed by atoms with Crippen LogP contribution in [0.4, 0.5) is 26.3 Å². The molecule has 0 aliphatic heterocycles. The maximum absolute atomic E-state index is 11.7. The molecule has 4 N–H and O–H groups in total. The first kappa shape index (κ1) is 44.4. The number of hydrogen-bond donors (Lipinski definition) is 2. The Morgan fingerprint density at radius 3 is 1.09 bits per heavy atom. The third-order valence-electron chi connectivity index (χ3n) is 6.67. The van der Waals surface area contributed by atoms with Gasteiger partial charge in [-0.15, -0.1) is 0 Å². The molecule has 17 heteroatoms. The van der Waals surface area contributed by atoms with Crippen LogP contribution < -0.4 is 11.5 Å². The van der Waals surface area contributed by atoms with Gasteiger partial charge in [-0.2, -0.15) is 26.3 Å². The van der Waals surface area contributed by atoms with E-state index in [1.165, 1.54) is 103 Å². The molecule has 0 spiro atoms. The van der Waals surface area contributed by atoms with E-state index in [4.69, 9.17) is 11.5 Å². The van der Waals surface area contributed by atoms with Crippen molar-refractivity contribution in [3.63, 3.8) is 0 Å². The van der Waals surface area contributed by atoms with Gasteiger partial charge in [0, 0.05) is 7.05 Å². The standard InChI is InChI=1S/C23H53N4.C3H3F6NO4S2/c1-27(2,3)23-17-11-9-7-5-4-6-8-10-14-20-26(21-15-12-18-24)22-16-13-19-25;1-10(15(11,12)2(4,5)6)16(13,14)3(7,8)9/h4-25H2,1-3H3;1H3/q+1;. The van der Waals surface area contributed by atoms with Gasteiger partial charge in [-0.05, 0) is 77.7 Å². The second-order valence-electron chi connectivity index (χ2n) is 11.7. The zero-order valence-corrected chi connectivity index (χ0v) is 28.0. The highest BCUT2D eigenvalue weighted by Crippen LogP contribution is 2.33. The number of unbranched alkanes of at least 4 members (excludes halogenated alkanes) is 11. The molecule has 0 fully saturated rings. The van der Waals surface area contributed by atoms with E-state index in [0.717, 1.165) is 30.4 Å². The molecular formula is C26H56F6N5O4S2+. The van der Waals surface area contributed by atoms with Gasteiger partial charge in [0.2, 0.25) is 0 Å². The Bertz CT molecular complexity index is 858. The van der Waals surface area contributed by atoms with Crippen LogP contribution in [0, 0.1) is 0 Å². The van der Waals surface area contributed by atoms with Crippen molar-refractivity contribution in [3.05, 3.63) is 0 Å². The Morgan fingerprint density at radius 1 is 0.535 bits per heavy atom. The molecule has 0 saturated carbocycles. The number of alkyl halides is 6. The van der Waals surface area contributed by atoms with Gasteiger partial charge < -0.3 is 20.9 Å². The minimum absolute atomic E-state index is 0.356. The molecular weight excluding hydrogens is 624 g/mol. The van der Waals surface area contributed by atoms with Crippen LogP contribution in [0.3, 0.4) is 0 Å². The van der Waals surface area contributed by atoms with Gasteiger partial charge in [-0.3, -0.25) is 0 Å². The summed E-state index contributed by atoms with van der Waals surface area (Å²) in [6.07, 6.45) is 18.9. The van der Waals surface area contributed by atoms with Crippen LogP contribution in [0.5, 0.6) is 0 Å². The summed E-state index contributed by atoms with van der Waals surface area (Å²) in [7, 11) is -6.67. The average molecular weight is 681 g/mol. The van der Waals surface area contributed by atoms with Crippen molar-refractivity contribution < 1.29 is 47.7 Å². The van der Waals surface area contributed by atoms with Crippen LogP contribution in [-0.2, 0) is 20.0 Å². The van der Waals surface area contributed by atoms with E-state index in [1.54, 1.807) is 0 Å². The van der Waals surface area contributed by atoms with E-state index in [-0.39, 0.29) is 7.05 Å². The van der Waals surface area contributed by atoms with Crippen LogP contribution in [0.25, 0.3) is 0 Å². The van der Waals surface area contributed by atoms with Crippen LogP contribution in [0.2, 0.25) is 0 Å². The lowest BCUT2D eigenvalue weighted by molar-refractivity contribution is -0.870. The molecule has 0 rings (SSSR count). The van der Waals surface area contributed by atoms with Gasteiger partial charge in [0.25, 0.3) is 0 Å². The monoisotopic (exact) mass is 680 g/mol. The quantitative estimate of drug-likeness (QED) is 0.0885. The van der Waals surface area contributed by atoms with E-state index in [2.05, 4.69) is 26.0 Å². The molecule has 0 heterocycles. The molecule has 0 aromatic carbocycles. The van der Waals surface area contributed by atoms with Crippen LogP contribution in [-0.4, -0.2) is 108 Å². The maximum atomic E-state index is 11.7. The second kappa shape index (κ2) is 21.9. The van der Waals surface area contributed by atoms with Crippen molar-refractivity contribution in [1.29, 1.82) is 0 Å². The smallest absolute Gasteiger partial charge is 0.331 e. The number of sulfonamides is 2. The third-order valence-corrected chi connectivity index (χ3v) is 10.4. The number of nitrogens with zero attached hydrogens (tertiary/aromatic N) is 3. The van der Waals surface area contributed by atoms with Gasteiger partial charge in [-0.1, -0.05) is 48.7 Å². The summed E-state index contributed by atoms with van der Waals surface area (Å²) in [5, 5.41) is 0. The largest absolute Gasteiger partial charge is 0.512 e. The van der Waals surface area contributed by atoms with Gasteiger partial charge in [-0.25, -0.2) is 16.8 Å². The lowest BCUT2D eigenvalue weighted by Gasteiger charge is -2.23.